The summed E-state index contributed by atoms with van der Waals surface area (Å²) in [5.74, 6) is 0.778. The molecule has 1 atom stereocenters. The van der Waals surface area contributed by atoms with E-state index >= 15 is 0 Å². The molecule has 0 bridgehead atoms. The minimum atomic E-state index is 0.438. The number of para-hydroxylation sites is 1. The highest BCUT2D eigenvalue weighted by Gasteiger charge is 2.16. The van der Waals surface area contributed by atoms with Gasteiger partial charge in [-0.25, -0.2) is 9.97 Å². The first-order chi connectivity index (χ1) is 14.8. The molecule has 154 valence electrons. The summed E-state index contributed by atoms with van der Waals surface area (Å²) in [5.41, 5.74) is 4.72. The van der Waals surface area contributed by atoms with Crippen LogP contribution in [0.25, 0.3) is 27.9 Å². The third-order valence-electron chi connectivity index (χ3n) is 5.44. The molecule has 2 N–H and O–H groups in total. The van der Waals surface area contributed by atoms with Gasteiger partial charge in [0.15, 0.2) is 0 Å². The minimum Gasteiger partial charge on any atom is -0.491 e. The zero-order valence-electron chi connectivity index (χ0n) is 17.0. The Morgan fingerprint density at radius 2 is 2.17 bits per heavy atom. The average Bonchev–Trinajstić information content (AvgIpc) is 3.43. The van der Waals surface area contributed by atoms with Crippen LogP contribution in [-0.4, -0.2) is 53.8 Å². The van der Waals surface area contributed by atoms with E-state index in [0.717, 1.165) is 58.9 Å². The molecule has 0 amide bonds. The van der Waals surface area contributed by atoms with Gasteiger partial charge < -0.3 is 20.1 Å². The Hall–Kier alpha value is -3.16. The van der Waals surface area contributed by atoms with Crippen LogP contribution < -0.4 is 15.4 Å². The van der Waals surface area contributed by atoms with Gasteiger partial charge >= 0.3 is 0 Å². The minimum absolute atomic E-state index is 0.438. The number of aromatic nitrogens is 3. The van der Waals surface area contributed by atoms with Crippen LogP contribution in [0.15, 0.2) is 54.9 Å². The summed E-state index contributed by atoms with van der Waals surface area (Å²) >= 11 is 0. The van der Waals surface area contributed by atoms with Crippen LogP contribution in [0.2, 0.25) is 0 Å². The summed E-state index contributed by atoms with van der Waals surface area (Å²) in [6.07, 6.45) is 4.96. The molecule has 1 aliphatic rings. The molecule has 1 saturated heterocycles. The van der Waals surface area contributed by atoms with Crippen molar-refractivity contribution in [2.45, 2.75) is 12.5 Å². The first-order valence-electron chi connectivity index (χ1n) is 10.3. The molecule has 4 heterocycles. The second kappa shape index (κ2) is 8.30. The predicted molar refractivity (Wildman–Crippen MR) is 118 cm³/mol. The molecule has 3 aromatic heterocycles. The van der Waals surface area contributed by atoms with E-state index in [1.54, 1.807) is 7.11 Å². The molecule has 1 aliphatic heterocycles. The number of rotatable bonds is 7. The average molecular weight is 403 g/mol. The monoisotopic (exact) mass is 403 g/mol. The Balaban J connectivity index is 1.48. The molecule has 0 unspecified atom stereocenters. The van der Waals surface area contributed by atoms with E-state index in [1.807, 2.05) is 28.9 Å². The molecule has 5 rings (SSSR count). The lowest BCUT2D eigenvalue weighted by molar-refractivity contribution is 0.146. The van der Waals surface area contributed by atoms with E-state index in [9.17, 15) is 0 Å². The quantitative estimate of drug-likeness (QED) is 0.461. The maximum absolute atomic E-state index is 5.70. The fourth-order valence-corrected chi connectivity index (χ4v) is 3.89. The van der Waals surface area contributed by atoms with Crippen LogP contribution in [0.3, 0.4) is 0 Å². The number of benzene rings is 1. The number of anilines is 1. The van der Waals surface area contributed by atoms with Gasteiger partial charge in [-0.2, -0.15) is 0 Å². The van der Waals surface area contributed by atoms with Crippen LogP contribution in [0.5, 0.6) is 5.75 Å². The zero-order valence-corrected chi connectivity index (χ0v) is 17.0. The molecule has 7 heteroatoms. The summed E-state index contributed by atoms with van der Waals surface area (Å²) in [7, 11) is 1.66. The Kier molecular flexibility index (Phi) is 5.21. The van der Waals surface area contributed by atoms with E-state index in [-0.39, 0.29) is 0 Å². The van der Waals surface area contributed by atoms with Gasteiger partial charge in [-0.15, -0.1) is 0 Å². The van der Waals surface area contributed by atoms with E-state index < -0.39 is 0 Å². The van der Waals surface area contributed by atoms with Gasteiger partial charge in [0.05, 0.1) is 35.4 Å². The number of fused-ring (bicyclic) bond motifs is 2. The van der Waals surface area contributed by atoms with Crippen molar-refractivity contribution < 1.29 is 9.47 Å². The maximum atomic E-state index is 5.70. The molecule has 7 nitrogen and oxygen atoms in total. The summed E-state index contributed by atoms with van der Waals surface area (Å²) in [4.78, 5) is 9.56. The number of ether oxygens (including phenoxy) is 2. The van der Waals surface area contributed by atoms with Crippen LogP contribution in [0.4, 0.5) is 5.69 Å². The predicted octanol–water partition coefficient (Wildman–Crippen LogP) is 3.35. The van der Waals surface area contributed by atoms with E-state index in [0.29, 0.717) is 19.3 Å². The zero-order chi connectivity index (χ0) is 20.3. The van der Waals surface area contributed by atoms with Gasteiger partial charge in [-0.1, -0.05) is 18.2 Å². The van der Waals surface area contributed by atoms with Crippen molar-refractivity contribution in [1.82, 2.24) is 19.7 Å². The standard InChI is InChI=1S/C23H25N5O2/c1-29-11-12-30-18-8-10-28-21(15-25-22(28)13-18)19-6-5-16-3-2-4-20(23(16)27-19)26-17-7-9-24-14-17/h2-6,8,10,13,15,17,24,26H,7,9,11-12,14H2,1H3/t17-/m1/s1. The van der Waals surface area contributed by atoms with Gasteiger partial charge in [-0.05, 0) is 31.2 Å². The number of hydrogen-bond donors (Lipinski definition) is 2. The first-order valence-corrected chi connectivity index (χ1v) is 10.3. The van der Waals surface area contributed by atoms with Crippen molar-refractivity contribution in [2.24, 2.45) is 0 Å². The van der Waals surface area contributed by atoms with Crippen molar-refractivity contribution >= 4 is 22.2 Å². The number of hydrogen-bond acceptors (Lipinski definition) is 6. The van der Waals surface area contributed by atoms with Crippen LogP contribution >= 0.6 is 0 Å². The summed E-state index contributed by atoms with van der Waals surface area (Å²) < 4.78 is 12.8. The fourth-order valence-electron chi connectivity index (χ4n) is 3.89. The van der Waals surface area contributed by atoms with Crippen LogP contribution in [0, 0.1) is 0 Å². The molecular formula is C23H25N5O2. The lowest BCUT2D eigenvalue weighted by Gasteiger charge is -2.15. The summed E-state index contributed by atoms with van der Waals surface area (Å²) in [5, 5.41) is 8.18. The van der Waals surface area contributed by atoms with Crippen molar-refractivity contribution in [3.63, 3.8) is 0 Å². The molecule has 0 spiro atoms. The van der Waals surface area contributed by atoms with Crippen molar-refractivity contribution in [1.29, 1.82) is 0 Å². The Morgan fingerprint density at radius 1 is 1.20 bits per heavy atom. The van der Waals surface area contributed by atoms with E-state index in [1.165, 1.54) is 0 Å². The van der Waals surface area contributed by atoms with Gasteiger partial charge in [-0.3, -0.25) is 4.40 Å². The smallest absolute Gasteiger partial charge is 0.140 e. The highest BCUT2D eigenvalue weighted by molar-refractivity contribution is 5.92. The van der Waals surface area contributed by atoms with Gasteiger partial charge in [0, 0.05) is 37.3 Å². The molecule has 1 fully saturated rings. The second-order valence-electron chi connectivity index (χ2n) is 7.48. The van der Waals surface area contributed by atoms with Crippen molar-refractivity contribution in [3.8, 4) is 17.1 Å². The molecule has 4 aromatic rings. The SMILES string of the molecule is COCCOc1ccn2c(-c3ccc4cccc(N[C@@H]5CCNC5)c4n3)cnc2c1. The summed E-state index contributed by atoms with van der Waals surface area (Å²) in [6, 6.07) is 14.8. The lowest BCUT2D eigenvalue weighted by Crippen LogP contribution is -2.22. The molecule has 0 saturated carbocycles. The first kappa shape index (κ1) is 18.8. The number of nitrogens with zero attached hydrogens (tertiary/aromatic N) is 3. The molecule has 30 heavy (non-hydrogen) atoms. The molecular weight excluding hydrogens is 378 g/mol. The number of nitrogens with one attached hydrogen (secondary N) is 2. The number of imidazole rings is 1. The Labute approximate surface area is 175 Å². The maximum Gasteiger partial charge on any atom is 0.140 e. The Bertz CT molecular complexity index is 1170. The van der Waals surface area contributed by atoms with Crippen LogP contribution in [-0.2, 0) is 4.74 Å². The summed E-state index contributed by atoms with van der Waals surface area (Å²) in [6.45, 7) is 3.11. The van der Waals surface area contributed by atoms with E-state index in [2.05, 4.69) is 45.9 Å². The van der Waals surface area contributed by atoms with Gasteiger partial charge in [0.1, 0.15) is 18.0 Å². The number of pyridine rings is 2. The second-order valence-corrected chi connectivity index (χ2v) is 7.48. The Morgan fingerprint density at radius 3 is 3.03 bits per heavy atom. The largest absolute Gasteiger partial charge is 0.491 e. The third kappa shape index (κ3) is 3.69. The highest BCUT2D eigenvalue weighted by atomic mass is 16.5. The van der Waals surface area contributed by atoms with E-state index in [4.69, 9.17) is 14.5 Å². The normalized spacial score (nSPS) is 16.4. The van der Waals surface area contributed by atoms with Gasteiger partial charge in [0.2, 0.25) is 0 Å². The topological polar surface area (TPSA) is 72.7 Å². The highest BCUT2D eigenvalue weighted by Crippen LogP contribution is 2.28. The third-order valence-corrected chi connectivity index (χ3v) is 5.44. The van der Waals surface area contributed by atoms with Crippen LogP contribution in [0.1, 0.15) is 6.42 Å². The van der Waals surface area contributed by atoms with Gasteiger partial charge in [0.25, 0.3) is 0 Å². The van der Waals surface area contributed by atoms with Crippen molar-refractivity contribution in [3.05, 3.63) is 54.9 Å². The fraction of sp³-hybridized carbons (Fsp3) is 0.304. The molecule has 0 radical (unpaired) electrons. The lowest BCUT2D eigenvalue weighted by atomic mass is 10.1. The molecule has 0 aliphatic carbocycles. The number of methoxy groups -OCH3 is 1. The molecule has 1 aromatic carbocycles. The van der Waals surface area contributed by atoms with Crippen molar-refractivity contribution in [2.75, 3.05) is 38.7 Å².